The van der Waals surface area contributed by atoms with Crippen LogP contribution in [0.3, 0.4) is 0 Å². The van der Waals surface area contributed by atoms with Gasteiger partial charge in [0.15, 0.2) is 0 Å². The van der Waals surface area contributed by atoms with Crippen molar-refractivity contribution in [3.8, 4) is 0 Å². The number of hydrogen-bond acceptors (Lipinski definition) is 7. The van der Waals surface area contributed by atoms with E-state index >= 15 is 0 Å². The first-order chi connectivity index (χ1) is 13.4. The molecule has 0 aliphatic rings. The highest BCUT2D eigenvalue weighted by atomic mass is 32.1. The second-order valence-corrected chi connectivity index (χ2v) is 8.19. The summed E-state index contributed by atoms with van der Waals surface area (Å²) in [6.07, 6.45) is 2.24. The summed E-state index contributed by atoms with van der Waals surface area (Å²) in [5.41, 5.74) is 0.793. The lowest BCUT2D eigenvalue weighted by Gasteiger charge is -2.05. The molecule has 0 atom stereocenters. The molecular formula is C19H21N3O4S2. The summed E-state index contributed by atoms with van der Waals surface area (Å²) < 4.78 is 6.60. The Hall–Kier alpha value is -2.52. The number of nitrogens with zero attached hydrogens (tertiary/aromatic N) is 2. The van der Waals surface area contributed by atoms with E-state index in [1.165, 1.54) is 33.6 Å². The third-order valence-corrected chi connectivity index (χ3v) is 6.71. The zero-order valence-corrected chi connectivity index (χ0v) is 17.8. The maximum atomic E-state index is 12.9. The number of hydrogen-bond donors (Lipinski definition) is 1. The Bertz CT molecular complexity index is 1110. The SMILES string of the molecule is CCOC(=O)c1cc(CC)sc1NC(=O)c1sc2ncn(CC)c(=O)c2c1C. The van der Waals surface area contributed by atoms with Gasteiger partial charge in [0.2, 0.25) is 0 Å². The van der Waals surface area contributed by atoms with Gasteiger partial charge in [0, 0.05) is 11.4 Å². The quantitative estimate of drug-likeness (QED) is 0.613. The number of amides is 1. The third kappa shape index (κ3) is 3.59. The average molecular weight is 420 g/mol. The van der Waals surface area contributed by atoms with Crippen LogP contribution in [0.4, 0.5) is 5.00 Å². The average Bonchev–Trinajstić information content (AvgIpc) is 3.23. The van der Waals surface area contributed by atoms with Crippen LogP contribution >= 0.6 is 22.7 Å². The van der Waals surface area contributed by atoms with Crippen LogP contribution in [0.5, 0.6) is 0 Å². The number of ether oxygens (including phenoxy) is 1. The minimum absolute atomic E-state index is 0.156. The molecule has 3 aromatic rings. The second kappa shape index (κ2) is 8.24. The molecule has 0 fully saturated rings. The standard InChI is InChI=1S/C19H21N3O4S2/c1-5-11-8-12(19(25)26-7-3)16(27-11)21-15(23)14-10(4)13-17(28-14)20-9-22(6-2)18(13)24/h8-9H,5-7H2,1-4H3,(H,21,23). The maximum Gasteiger partial charge on any atom is 0.341 e. The van der Waals surface area contributed by atoms with E-state index < -0.39 is 5.97 Å². The molecule has 0 aromatic carbocycles. The van der Waals surface area contributed by atoms with Crippen molar-refractivity contribution in [2.75, 3.05) is 11.9 Å². The van der Waals surface area contributed by atoms with E-state index in [2.05, 4.69) is 10.3 Å². The highest BCUT2D eigenvalue weighted by Gasteiger charge is 2.23. The topological polar surface area (TPSA) is 90.3 Å². The monoisotopic (exact) mass is 419 g/mol. The van der Waals surface area contributed by atoms with Gasteiger partial charge in [-0.05, 0) is 38.8 Å². The zero-order valence-electron chi connectivity index (χ0n) is 16.1. The molecule has 0 saturated heterocycles. The number of carbonyl (C=O) groups is 2. The molecular weight excluding hydrogens is 398 g/mol. The molecule has 148 valence electrons. The summed E-state index contributed by atoms with van der Waals surface area (Å²) in [6.45, 7) is 8.09. The minimum Gasteiger partial charge on any atom is -0.462 e. The van der Waals surface area contributed by atoms with Crippen molar-refractivity contribution in [3.05, 3.63) is 43.6 Å². The van der Waals surface area contributed by atoms with Crippen LogP contribution in [-0.4, -0.2) is 28.0 Å². The second-order valence-electron chi connectivity index (χ2n) is 6.06. The van der Waals surface area contributed by atoms with Crippen LogP contribution in [0.15, 0.2) is 17.2 Å². The Labute approximate surface area is 170 Å². The number of fused-ring (bicyclic) bond motifs is 1. The third-order valence-electron chi connectivity index (χ3n) is 4.32. The van der Waals surface area contributed by atoms with Crippen LogP contribution in [0.2, 0.25) is 0 Å². The number of rotatable bonds is 6. The first-order valence-corrected chi connectivity index (χ1v) is 10.6. The Balaban J connectivity index is 1.99. The van der Waals surface area contributed by atoms with Gasteiger partial charge in [-0.2, -0.15) is 0 Å². The van der Waals surface area contributed by atoms with Gasteiger partial charge in [-0.15, -0.1) is 22.7 Å². The smallest absolute Gasteiger partial charge is 0.341 e. The van der Waals surface area contributed by atoms with Crippen molar-refractivity contribution in [2.24, 2.45) is 0 Å². The molecule has 3 heterocycles. The summed E-state index contributed by atoms with van der Waals surface area (Å²) in [7, 11) is 0. The molecule has 1 N–H and O–H groups in total. The van der Waals surface area contributed by atoms with Crippen LogP contribution in [0.25, 0.3) is 10.2 Å². The lowest BCUT2D eigenvalue weighted by molar-refractivity contribution is 0.0528. The fourth-order valence-electron chi connectivity index (χ4n) is 2.83. The highest BCUT2D eigenvalue weighted by Crippen LogP contribution is 2.32. The van der Waals surface area contributed by atoms with Crippen molar-refractivity contribution in [2.45, 2.75) is 40.7 Å². The summed E-state index contributed by atoms with van der Waals surface area (Å²) >= 11 is 2.52. The number of anilines is 1. The number of carbonyl (C=O) groups excluding carboxylic acids is 2. The summed E-state index contributed by atoms with van der Waals surface area (Å²) in [5.74, 6) is -0.827. The van der Waals surface area contributed by atoms with Crippen LogP contribution < -0.4 is 10.9 Å². The maximum absolute atomic E-state index is 12.9. The molecule has 0 bridgehead atoms. The molecule has 0 saturated carbocycles. The molecule has 7 nitrogen and oxygen atoms in total. The lowest BCUT2D eigenvalue weighted by Crippen LogP contribution is -2.19. The Morgan fingerprint density at radius 3 is 2.64 bits per heavy atom. The van der Waals surface area contributed by atoms with Crippen LogP contribution in [0.1, 0.15) is 51.2 Å². The molecule has 0 spiro atoms. The van der Waals surface area contributed by atoms with Gasteiger partial charge >= 0.3 is 5.97 Å². The Kier molecular flexibility index (Phi) is 5.95. The van der Waals surface area contributed by atoms with Gasteiger partial charge in [-0.1, -0.05) is 6.92 Å². The molecule has 0 aliphatic carbocycles. The van der Waals surface area contributed by atoms with E-state index in [0.717, 1.165) is 11.3 Å². The summed E-state index contributed by atoms with van der Waals surface area (Å²) in [4.78, 5) is 43.9. The summed E-state index contributed by atoms with van der Waals surface area (Å²) in [6, 6.07) is 1.75. The van der Waals surface area contributed by atoms with Gasteiger partial charge in [-0.25, -0.2) is 9.78 Å². The lowest BCUT2D eigenvalue weighted by atomic mass is 10.2. The van der Waals surface area contributed by atoms with Crippen LogP contribution in [0, 0.1) is 6.92 Å². The van der Waals surface area contributed by atoms with E-state index in [0.29, 0.717) is 37.8 Å². The molecule has 0 unspecified atom stereocenters. The van der Waals surface area contributed by atoms with E-state index in [4.69, 9.17) is 4.74 Å². The molecule has 1 amide bonds. The van der Waals surface area contributed by atoms with Gasteiger partial charge in [0.1, 0.15) is 9.83 Å². The first-order valence-electron chi connectivity index (χ1n) is 9.00. The Morgan fingerprint density at radius 2 is 2.00 bits per heavy atom. The van der Waals surface area contributed by atoms with E-state index in [1.54, 1.807) is 19.9 Å². The Morgan fingerprint density at radius 1 is 1.25 bits per heavy atom. The number of thiophene rings is 2. The van der Waals surface area contributed by atoms with E-state index in [1.807, 2.05) is 13.8 Å². The number of aryl methyl sites for hydroxylation is 3. The fourth-order valence-corrected chi connectivity index (χ4v) is 4.84. The molecule has 0 aliphatic heterocycles. The number of esters is 1. The van der Waals surface area contributed by atoms with Gasteiger partial charge in [0.05, 0.1) is 28.8 Å². The number of nitrogens with one attached hydrogen (secondary N) is 1. The van der Waals surface area contributed by atoms with Crippen molar-refractivity contribution < 1.29 is 14.3 Å². The van der Waals surface area contributed by atoms with Crippen molar-refractivity contribution in [3.63, 3.8) is 0 Å². The van der Waals surface area contributed by atoms with E-state index in [9.17, 15) is 14.4 Å². The van der Waals surface area contributed by atoms with Crippen molar-refractivity contribution in [1.82, 2.24) is 9.55 Å². The van der Waals surface area contributed by atoms with Crippen molar-refractivity contribution in [1.29, 1.82) is 0 Å². The molecule has 3 aromatic heterocycles. The largest absolute Gasteiger partial charge is 0.462 e. The van der Waals surface area contributed by atoms with Crippen molar-refractivity contribution >= 4 is 49.8 Å². The fraction of sp³-hybridized carbons (Fsp3) is 0.368. The first kappa shape index (κ1) is 20.2. The minimum atomic E-state index is -0.464. The summed E-state index contributed by atoms with van der Waals surface area (Å²) in [5, 5.41) is 3.74. The molecule has 0 radical (unpaired) electrons. The van der Waals surface area contributed by atoms with Gasteiger partial charge in [0.25, 0.3) is 11.5 Å². The van der Waals surface area contributed by atoms with Gasteiger partial charge in [-0.3, -0.25) is 14.2 Å². The highest BCUT2D eigenvalue weighted by molar-refractivity contribution is 7.21. The molecule has 9 heteroatoms. The number of aromatic nitrogens is 2. The molecule has 28 heavy (non-hydrogen) atoms. The zero-order chi connectivity index (χ0) is 20.4. The van der Waals surface area contributed by atoms with Crippen LogP contribution in [-0.2, 0) is 17.7 Å². The van der Waals surface area contributed by atoms with E-state index in [-0.39, 0.29) is 18.1 Å². The predicted molar refractivity (Wildman–Crippen MR) is 112 cm³/mol. The van der Waals surface area contributed by atoms with Gasteiger partial charge < -0.3 is 10.1 Å². The normalized spacial score (nSPS) is 11.0. The molecule has 3 rings (SSSR count). The predicted octanol–water partition coefficient (Wildman–Crippen LogP) is 3.84.